The van der Waals surface area contributed by atoms with Gasteiger partial charge in [0.25, 0.3) is 0 Å². The molecule has 0 bridgehead atoms. The lowest BCUT2D eigenvalue weighted by Crippen LogP contribution is -2.13. The minimum Gasteiger partial charge on any atom is -0.449 e. The van der Waals surface area contributed by atoms with Gasteiger partial charge in [-0.05, 0) is 12.0 Å². The Balaban J connectivity index is 3.19. The summed E-state index contributed by atoms with van der Waals surface area (Å²) < 4.78 is 8.33. The van der Waals surface area contributed by atoms with Crippen molar-refractivity contribution in [1.82, 2.24) is 0 Å². The van der Waals surface area contributed by atoms with Crippen LogP contribution in [0.3, 0.4) is 0 Å². The third-order valence-corrected chi connectivity index (χ3v) is 0.836. The Kier molecular flexibility index (Phi) is 7.42. The molecule has 0 saturated heterocycles. The summed E-state index contributed by atoms with van der Waals surface area (Å²) in [5, 5.41) is 11.7. The van der Waals surface area contributed by atoms with Gasteiger partial charge in [-0.15, -0.1) is 0 Å². The van der Waals surface area contributed by atoms with Crippen molar-refractivity contribution >= 4 is 12.3 Å². The summed E-state index contributed by atoms with van der Waals surface area (Å²) in [4.78, 5) is 28.0. The minimum absolute atomic E-state index is 0.0359. The SMILES string of the molecule is CCOCCOOOC(=O)OC(=O)O. The molecule has 0 heterocycles. The Morgan fingerprint density at radius 1 is 1.29 bits per heavy atom. The van der Waals surface area contributed by atoms with E-state index in [4.69, 9.17) is 9.84 Å². The minimum atomic E-state index is -1.80. The summed E-state index contributed by atoms with van der Waals surface area (Å²) >= 11 is 0. The van der Waals surface area contributed by atoms with E-state index in [1.165, 1.54) is 0 Å². The molecule has 8 heteroatoms. The molecule has 0 rings (SSSR count). The standard InChI is InChI=1S/C6H10O8/c1-2-10-3-4-11-14-13-6(9)12-5(7)8/h2-4H2,1H3,(H,7,8). The lowest BCUT2D eigenvalue weighted by molar-refractivity contribution is -0.486. The van der Waals surface area contributed by atoms with Crippen molar-refractivity contribution in [2.75, 3.05) is 19.8 Å². The highest BCUT2D eigenvalue weighted by atomic mass is 17.5. The highest BCUT2D eigenvalue weighted by molar-refractivity contribution is 5.75. The lowest BCUT2D eigenvalue weighted by atomic mass is 10.8. The number of carboxylic acid groups (broad SMARTS) is 1. The van der Waals surface area contributed by atoms with Gasteiger partial charge in [0.2, 0.25) is 0 Å². The molecule has 0 spiro atoms. The van der Waals surface area contributed by atoms with E-state index in [2.05, 4.69) is 19.6 Å². The first kappa shape index (κ1) is 12.6. The van der Waals surface area contributed by atoms with Gasteiger partial charge in [-0.2, -0.15) is 9.68 Å². The number of rotatable bonds is 6. The number of hydrogen-bond acceptors (Lipinski definition) is 7. The first-order valence-electron chi connectivity index (χ1n) is 3.65. The molecule has 0 saturated carbocycles. The van der Waals surface area contributed by atoms with Gasteiger partial charge < -0.3 is 14.6 Å². The van der Waals surface area contributed by atoms with Crippen molar-refractivity contribution in [3.05, 3.63) is 0 Å². The van der Waals surface area contributed by atoms with Crippen LogP contribution in [-0.2, 0) is 24.3 Å². The van der Waals surface area contributed by atoms with E-state index >= 15 is 0 Å². The van der Waals surface area contributed by atoms with Crippen LogP contribution in [-0.4, -0.2) is 37.2 Å². The molecule has 0 unspecified atom stereocenters. The summed E-state index contributed by atoms with van der Waals surface area (Å²) in [5.41, 5.74) is 0. The van der Waals surface area contributed by atoms with Crippen LogP contribution in [0.2, 0.25) is 0 Å². The number of hydrogen-bond donors (Lipinski definition) is 1. The summed E-state index contributed by atoms with van der Waals surface area (Å²) in [6.45, 7) is 2.61. The van der Waals surface area contributed by atoms with Crippen molar-refractivity contribution < 1.29 is 39.0 Å². The molecule has 82 valence electrons. The fourth-order valence-corrected chi connectivity index (χ4v) is 0.411. The molecule has 0 aromatic rings. The van der Waals surface area contributed by atoms with Gasteiger partial charge in [0.15, 0.2) is 0 Å². The second-order valence-electron chi connectivity index (χ2n) is 1.79. The molecular formula is C6H10O8. The average molecular weight is 210 g/mol. The Bertz CT molecular complexity index is 179. The number of ether oxygens (including phenoxy) is 2. The Labute approximate surface area is 79.1 Å². The normalized spacial score (nSPS) is 9.50. The van der Waals surface area contributed by atoms with Crippen LogP contribution >= 0.6 is 0 Å². The molecule has 0 aliphatic rings. The molecule has 0 aliphatic carbocycles. The van der Waals surface area contributed by atoms with Gasteiger partial charge in [-0.1, -0.05) is 0 Å². The maximum atomic E-state index is 10.3. The molecule has 0 aliphatic heterocycles. The molecule has 0 radical (unpaired) electrons. The van der Waals surface area contributed by atoms with Crippen LogP contribution in [0, 0.1) is 0 Å². The zero-order valence-corrected chi connectivity index (χ0v) is 7.43. The quantitative estimate of drug-likeness (QED) is 0.225. The van der Waals surface area contributed by atoms with Gasteiger partial charge >= 0.3 is 12.3 Å². The molecule has 0 atom stereocenters. The third kappa shape index (κ3) is 8.71. The molecular weight excluding hydrogens is 200 g/mol. The first-order chi connectivity index (χ1) is 6.66. The van der Waals surface area contributed by atoms with E-state index < -0.39 is 12.3 Å². The van der Waals surface area contributed by atoms with Crippen LogP contribution < -0.4 is 0 Å². The van der Waals surface area contributed by atoms with Crippen molar-refractivity contribution in [1.29, 1.82) is 0 Å². The predicted octanol–water partition coefficient (Wildman–Crippen LogP) is 0.717. The summed E-state index contributed by atoms with van der Waals surface area (Å²) in [6, 6.07) is 0. The van der Waals surface area contributed by atoms with E-state index in [0.29, 0.717) is 6.61 Å². The predicted molar refractivity (Wildman–Crippen MR) is 39.1 cm³/mol. The van der Waals surface area contributed by atoms with Crippen LogP contribution in [0.5, 0.6) is 0 Å². The zero-order chi connectivity index (χ0) is 10.8. The van der Waals surface area contributed by atoms with Crippen molar-refractivity contribution in [2.45, 2.75) is 6.92 Å². The lowest BCUT2D eigenvalue weighted by Gasteiger charge is -2.01. The van der Waals surface area contributed by atoms with E-state index in [1.807, 2.05) is 0 Å². The first-order valence-corrected chi connectivity index (χ1v) is 3.65. The number of carbonyl (C=O) groups excluding carboxylic acids is 1. The van der Waals surface area contributed by atoms with E-state index in [9.17, 15) is 9.59 Å². The molecule has 0 amide bonds. The molecule has 14 heavy (non-hydrogen) atoms. The summed E-state index contributed by atoms with van der Waals surface area (Å²) in [6.07, 6.45) is -3.33. The smallest absolute Gasteiger partial charge is 0.449 e. The molecule has 8 nitrogen and oxygen atoms in total. The summed E-state index contributed by atoms with van der Waals surface area (Å²) in [7, 11) is 0. The Hall–Kier alpha value is -1.38. The fraction of sp³-hybridized carbons (Fsp3) is 0.667. The number of carbonyl (C=O) groups is 2. The highest BCUT2D eigenvalue weighted by Gasteiger charge is 2.10. The van der Waals surface area contributed by atoms with Crippen molar-refractivity contribution in [3.63, 3.8) is 0 Å². The molecule has 0 aromatic heterocycles. The maximum Gasteiger partial charge on any atom is 0.553 e. The van der Waals surface area contributed by atoms with E-state index in [-0.39, 0.29) is 13.2 Å². The second-order valence-corrected chi connectivity index (χ2v) is 1.79. The molecule has 0 aromatic carbocycles. The van der Waals surface area contributed by atoms with Crippen molar-refractivity contribution in [2.24, 2.45) is 0 Å². The monoisotopic (exact) mass is 210 g/mol. The highest BCUT2D eigenvalue weighted by Crippen LogP contribution is 1.89. The molecule has 1 N–H and O–H groups in total. The van der Waals surface area contributed by atoms with Crippen molar-refractivity contribution in [3.8, 4) is 0 Å². The van der Waals surface area contributed by atoms with Gasteiger partial charge in [-0.25, -0.2) is 9.68 Å². The van der Waals surface area contributed by atoms with Gasteiger partial charge in [-0.3, -0.25) is 0 Å². The molecule has 0 fully saturated rings. The van der Waals surface area contributed by atoms with Gasteiger partial charge in [0.1, 0.15) is 6.61 Å². The van der Waals surface area contributed by atoms with Crippen LogP contribution in [0.25, 0.3) is 0 Å². The maximum absolute atomic E-state index is 10.3. The average Bonchev–Trinajstić information content (AvgIpc) is 2.10. The Morgan fingerprint density at radius 3 is 2.57 bits per heavy atom. The topological polar surface area (TPSA) is 101 Å². The van der Waals surface area contributed by atoms with E-state index in [1.54, 1.807) is 6.92 Å². The Morgan fingerprint density at radius 2 is 2.00 bits per heavy atom. The van der Waals surface area contributed by atoms with E-state index in [0.717, 1.165) is 0 Å². The van der Waals surface area contributed by atoms with Crippen LogP contribution in [0.15, 0.2) is 0 Å². The fourth-order valence-electron chi connectivity index (χ4n) is 0.411. The third-order valence-electron chi connectivity index (χ3n) is 0.836. The summed E-state index contributed by atoms with van der Waals surface area (Å²) in [5.74, 6) is 0. The van der Waals surface area contributed by atoms with Crippen LogP contribution in [0.1, 0.15) is 6.92 Å². The largest absolute Gasteiger partial charge is 0.553 e. The zero-order valence-electron chi connectivity index (χ0n) is 7.43. The van der Waals surface area contributed by atoms with Gasteiger partial charge in [0.05, 0.1) is 6.61 Å². The second kappa shape index (κ2) is 8.23. The van der Waals surface area contributed by atoms with Gasteiger partial charge in [0, 0.05) is 6.61 Å². The van der Waals surface area contributed by atoms with Crippen LogP contribution in [0.4, 0.5) is 9.59 Å².